The zero-order valence-electron chi connectivity index (χ0n) is 9.39. The van der Waals surface area contributed by atoms with Gasteiger partial charge in [0.25, 0.3) is 0 Å². The van der Waals surface area contributed by atoms with E-state index >= 15 is 0 Å². The molecule has 0 heterocycles. The highest BCUT2D eigenvalue weighted by Crippen LogP contribution is 2.35. The lowest BCUT2D eigenvalue weighted by atomic mass is 9.96. The summed E-state index contributed by atoms with van der Waals surface area (Å²) in [7, 11) is 0. The molecule has 0 atom stereocenters. The summed E-state index contributed by atoms with van der Waals surface area (Å²) in [5.74, 6) is 0.377. The Morgan fingerprint density at radius 2 is 1.67 bits per heavy atom. The van der Waals surface area contributed by atoms with Gasteiger partial charge < -0.3 is 10.2 Å². The summed E-state index contributed by atoms with van der Waals surface area (Å²) in [6, 6.07) is 0. The van der Waals surface area contributed by atoms with E-state index in [9.17, 15) is 5.11 Å². The molecule has 0 unspecified atom stereocenters. The number of phenolic OH excluding ortho intramolecular Hbond substituents is 1. The van der Waals surface area contributed by atoms with Crippen LogP contribution in [0.2, 0.25) is 0 Å². The Morgan fingerprint density at radius 3 is 2.20 bits per heavy atom. The highest BCUT2D eigenvalue weighted by atomic mass is 79.9. The number of aliphatic hydroxyl groups is 1. The fourth-order valence-corrected chi connectivity index (χ4v) is 2.26. The van der Waals surface area contributed by atoms with Gasteiger partial charge in [0, 0.05) is 11.1 Å². The van der Waals surface area contributed by atoms with E-state index in [1.54, 1.807) is 0 Å². The third-order valence-electron chi connectivity index (χ3n) is 2.90. The van der Waals surface area contributed by atoms with Crippen molar-refractivity contribution in [2.45, 2.75) is 33.6 Å². The van der Waals surface area contributed by atoms with Gasteiger partial charge in [-0.2, -0.15) is 0 Å². The molecule has 0 saturated heterocycles. The van der Waals surface area contributed by atoms with E-state index in [-0.39, 0.29) is 6.61 Å². The fraction of sp³-hybridized carbons (Fsp3) is 0.500. The number of aromatic hydroxyl groups is 1. The van der Waals surface area contributed by atoms with Gasteiger partial charge >= 0.3 is 0 Å². The van der Waals surface area contributed by atoms with Gasteiger partial charge in [-0.25, -0.2) is 0 Å². The number of hydrogen-bond acceptors (Lipinski definition) is 2. The zero-order chi connectivity index (χ0) is 11.6. The van der Waals surface area contributed by atoms with Gasteiger partial charge in [0.05, 0.1) is 0 Å². The third kappa shape index (κ3) is 2.34. The van der Waals surface area contributed by atoms with Crippen LogP contribution in [0.15, 0.2) is 4.47 Å². The maximum absolute atomic E-state index is 10.0. The predicted octanol–water partition coefficient (Wildman–Crippen LogP) is 3.00. The van der Waals surface area contributed by atoms with Gasteiger partial charge in [-0.3, -0.25) is 0 Å². The van der Waals surface area contributed by atoms with Crippen molar-refractivity contribution in [2.24, 2.45) is 0 Å². The van der Waals surface area contributed by atoms with Crippen LogP contribution in [0.3, 0.4) is 0 Å². The monoisotopic (exact) mass is 272 g/mol. The molecule has 15 heavy (non-hydrogen) atoms. The third-order valence-corrected chi connectivity index (χ3v) is 4.09. The van der Waals surface area contributed by atoms with Crippen LogP contribution in [0, 0.1) is 20.8 Å². The molecule has 0 saturated carbocycles. The summed E-state index contributed by atoms with van der Waals surface area (Å²) in [4.78, 5) is 0. The molecule has 3 heteroatoms. The van der Waals surface area contributed by atoms with Gasteiger partial charge in [-0.05, 0) is 55.9 Å². The molecular formula is C12H17BrO2. The van der Waals surface area contributed by atoms with Crippen LogP contribution >= 0.6 is 15.9 Å². The summed E-state index contributed by atoms with van der Waals surface area (Å²) in [6.07, 6.45) is 1.40. The normalized spacial score (nSPS) is 10.7. The molecular weight excluding hydrogens is 256 g/mol. The molecule has 1 aromatic rings. The van der Waals surface area contributed by atoms with Crippen molar-refractivity contribution in [2.75, 3.05) is 6.61 Å². The van der Waals surface area contributed by atoms with E-state index in [2.05, 4.69) is 15.9 Å². The molecule has 0 bridgehead atoms. The first-order valence-corrected chi connectivity index (χ1v) is 5.88. The van der Waals surface area contributed by atoms with Crippen molar-refractivity contribution in [1.29, 1.82) is 0 Å². The molecule has 0 aliphatic rings. The number of benzene rings is 1. The summed E-state index contributed by atoms with van der Waals surface area (Å²) >= 11 is 3.53. The minimum absolute atomic E-state index is 0.156. The molecule has 0 aliphatic heterocycles. The lowest BCUT2D eigenvalue weighted by molar-refractivity contribution is 0.288. The summed E-state index contributed by atoms with van der Waals surface area (Å²) < 4.78 is 1.06. The van der Waals surface area contributed by atoms with E-state index < -0.39 is 0 Å². The zero-order valence-corrected chi connectivity index (χ0v) is 11.0. The second-order valence-electron chi connectivity index (χ2n) is 3.84. The number of rotatable bonds is 3. The molecule has 0 amide bonds. The van der Waals surface area contributed by atoms with Crippen molar-refractivity contribution >= 4 is 15.9 Å². The molecule has 0 radical (unpaired) electrons. The largest absolute Gasteiger partial charge is 0.507 e. The summed E-state index contributed by atoms with van der Waals surface area (Å²) in [5, 5.41) is 18.8. The van der Waals surface area contributed by atoms with Crippen molar-refractivity contribution in [3.05, 3.63) is 26.7 Å². The molecule has 1 aromatic carbocycles. The van der Waals surface area contributed by atoms with E-state index in [0.717, 1.165) is 26.7 Å². The first-order chi connectivity index (χ1) is 7.00. The Balaban J connectivity index is 3.26. The SMILES string of the molecule is Cc1c(C)c(Br)c(C)c(CCCO)c1O. The molecule has 2 N–H and O–H groups in total. The van der Waals surface area contributed by atoms with E-state index in [4.69, 9.17) is 5.11 Å². The molecule has 1 rings (SSSR count). The van der Waals surface area contributed by atoms with Gasteiger partial charge in [-0.15, -0.1) is 0 Å². The van der Waals surface area contributed by atoms with Crippen molar-refractivity contribution < 1.29 is 10.2 Å². The Hall–Kier alpha value is -0.540. The molecule has 2 nitrogen and oxygen atoms in total. The molecule has 0 fully saturated rings. The Bertz CT molecular complexity index is 343. The van der Waals surface area contributed by atoms with Crippen molar-refractivity contribution in [3.63, 3.8) is 0 Å². The topological polar surface area (TPSA) is 40.5 Å². The number of halogens is 1. The average molecular weight is 273 g/mol. The highest BCUT2D eigenvalue weighted by Gasteiger charge is 2.14. The second-order valence-corrected chi connectivity index (χ2v) is 4.64. The van der Waals surface area contributed by atoms with Gasteiger partial charge in [0.2, 0.25) is 0 Å². The predicted molar refractivity (Wildman–Crippen MR) is 65.4 cm³/mol. The number of aliphatic hydroxyl groups excluding tert-OH is 1. The lowest BCUT2D eigenvalue weighted by Crippen LogP contribution is -1.99. The maximum atomic E-state index is 10.0. The minimum atomic E-state index is 0.156. The van der Waals surface area contributed by atoms with E-state index in [0.29, 0.717) is 18.6 Å². The van der Waals surface area contributed by atoms with Gasteiger partial charge in [0.1, 0.15) is 5.75 Å². The lowest BCUT2D eigenvalue weighted by Gasteiger charge is -2.15. The van der Waals surface area contributed by atoms with Crippen LogP contribution in [-0.4, -0.2) is 16.8 Å². The van der Waals surface area contributed by atoms with E-state index in [1.165, 1.54) is 0 Å². The van der Waals surface area contributed by atoms with Crippen LogP contribution in [0.4, 0.5) is 0 Å². The quantitative estimate of drug-likeness (QED) is 0.888. The van der Waals surface area contributed by atoms with Crippen LogP contribution in [0.5, 0.6) is 5.75 Å². The van der Waals surface area contributed by atoms with Crippen molar-refractivity contribution in [3.8, 4) is 5.75 Å². The number of hydrogen-bond donors (Lipinski definition) is 2. The first kappa shape index (κ1) is 12.5. The summed E-state index contributed by atoms with van der Waals surface area (Å²) in [5.41, 5.74) is 4.02. The van der Waals surface area contributed by atoms with Crippen LogP contribution < -0.4 is 0 Å². The Kier molecular flexibility index (Phi) is 4.17. The number of phenols is 1. The summed E-state index contributed by atoms with van der Waals surface area (Å²) in [6.45, 7) is 6.05. The van der Waals surface area contributed by atoms with E-state index in [1.807, 2.05) is 20.8 Å². The van der Waals surface area contributed by atoms with Crippen LogP contribution in [-0.2, 0) is 6.42 Å². The second kappa shape index (κ2) is 4.99. The highest BCUT2D eigenvalue weighted by molar-refractivity contribution is 9.10. The van der Waals surface area contributed by atoms with Gasteiger partial charge in [-0.1, -0.05) is 15.9 Å². The average Bonchev–Trinajstić information content (AvgIpc) is 2.24. The van der Waals surface area contributed by atoms with Gasteiger partial charge in [0.15, 0.2) is 0 Å². The Labute approximate surface area is 99.1 Å². The smallest absolute Gasteiger partial charge is 0.122 e. The molecule has 0 spiro atoms. The van der Waals surface area contributed by atoms with Crippen molar-refractivity contribution in [1.82, 2.24) is 0 Å². The fourth-order valence-electron chi connectivity index (χ4n) is 1.72. The molecule has 84 valence electrons. The van der Waals surface area contributed by atoms with Crippen LogP contribution in [0.25, 0.3) is 0 Å². The minimum Gasteiger partial charge on any atom is -0.507 e. The first-order valence-electron chi connectivity index (χ1n) is 5.08. The Morgan fingerprint density at radius 1 is 1.07 bits per heavy atom. The molecule has 0 aromatic heterocycles. The van der Waals surface area contributed by atoms with Crippen LogP contribution in [0.1, 0.15) is 28.7 Å². The maximum Gasteiger partial charge on any atom is 0.122 e. The molecule has 0 aliphatic carbocycles. The standard InChI is InChI=1S/C12H17BrO2/c1-7-8(2)12(15)10(5-4-6-14)9(3)11(7)13/h14-15H,4-6H2,1-3H3.